The minimum Gasteiger partial charge on any atom is -0.298 e. The van der Waals surface area contributed by atoms with Crippen LogP contribution in [0.1, 0.15) is 21.7 Å². The summed E-state index contributed by atoms with van der Waals surface area (Å²) < 4.78 is 1.80. The van der Waals surface area contributed by atoms with E-state index < -0.39 is 0 Å². The molecule has 18 heavy (non-hydrogen) atoms. The van der Waals surface area contributed by atoms with Gasteiger partial charge in [0, 0.05) is 11.8 Å². The monoisotopic (exact) mass is 239 g/mol. The van der Waals surface area contributed by atoms with Crippen LogP contribution in [0, 0.1) is 6.92 Å². The van der Waals surface area contributed by atoms with Gasteiger partial charge in [0.25, 0.3) is 0 Å². The van der Waals surface area contributed by atoms with Gasteiger partial charge in [0.05, 0.1) is 0 Å². The van der Waals surface area contributed by atoms with Crippen LogP contribution in [0.25, 0.3) is 11.7 Å². The SMILES string of the molecule is C=C/C=C\C=C\c1nnc2c(C)cc(C=O)cn12. The number of aryl methyl sites for hydroxylation is 1. The number of hydrogen-bond donors (Lipinski definition) is 0. The zero-order valence-corrected chi connectivity index (χ0v) is 10.1. The fraction of sp³-hybridized carbons (Fsp3) is 0.0714. The Morgan fingerprint density at radius 3 is 2.83 bits per heavy atom. The summed E-state index contributed by atoms with van der Waals surface area (Å²) in [6.07, 6.45) is 11.6. The molecule has 2 aromatic rings. The lowest BCUT2D eigenvalue weighted by atomic mass is 10.2. The van der Waals surface area contributed by atoms with Crippen LogP contribution in [0.2, 0.25) is 0 Å². The summed E-state index contributed by atoms with van der Waals surface area (Å²) in [5.41, 5.74) is 2.29. The molecule has 0 aliphatic rings. The summed E-state index contributed by atoms with van der Waals surface area (Å²) >= 11 is 0. The molecule has 2 heterocycles. The molecule has 0 radical (unpaired) electrons. The fourth-order valence-corrected chi connectivity index (χ4v) is 1.66. The molecule has 4 heteroatoms. The van der Waals surface area contributed by atoms with Gasteiger partial charge in [-0.1, -0.05) is 30.9 Å². The van der Waals surface area contributed by atoms with Gasteiger partial charge in [0.2, 0.25) is 0 Å². The van der Waals surface area contributed by atoms with Gasteiger partial charge in [-0.3, -0.25) is 9.20 Å². The highest BCUT2D eigenvalue weighted by atomic mass is 16.1. The highest BCUT2D eigenvalue weighted by Crippen LogP contribution is 2.12. The van der Waals surface area contributed by atoms with Gasteiger partial charge in [-0.05, 0) is 24.6 Å². The molecule has 0 fully saturated rings. The minimum absolute atomic E-state index is 0.607. The summed E-state index contributed by atoms with van der Waals surface area (Å²) in [4.78, 5) is 10.8. The van der Waals surface area contributed by atoms with Crippen LogP contribution in [0.15, 0.2) is 43.1 Å². The fourth-order valence-electron chi connectivity index (χ4n) is 1.66. The average molecular weight is 239 g/mol. The van der Waals surface area contributed by atoms with Crippen molar-refractivity contribution in [3.05, 3.63) is 60.1 Å². The van der Waals surface area contributed by atoms with E-state index in [0.29, 0.717) is 11.4 Å². The highest BCUT2D eigenvalue weighted by Gasteiger charge is 2.06. The van der Waals surface area contributed by atoms with E-state index in [0.717, 1.165) is 17.5 Å². The van der Waals surface area contributed by atoms with E-state index in [1.54, 1.807) is 22.7 Å². The molecule has 2 aromatic heterocycles. The Hall–Kier alpha value is -2.49. The number of nitrogens with zero attached hydrogens (tertiary/aromatic N) is 3. The van der Waals surface area contributed by atoms with Gasteiger partial charge in [0.15, 0.2) is 17.8 Å². The molecule has 90 valence electrons. The van der Waals surface area contributed by atoms with Crippen LogP contribution < -0.4 is 0 Å². The van der Waals surface area contributed by atoms with Crippen molar-refractivity contribution in [2.75, 3.05) is 0 Å². The Balaban J connectivity index is 2.49. The number of carbonyl (C=O) groups is 1. The van der Waals surface area contributed by atoms with Gasteiger partial charge in [-0.2, -0.15) is 0 Å². The summed E-state index contributed by atoms with van der Waals surface area (Å²) in [5, 5.41) is 8.17. The maximum absolute atomic E-state index is 10.8. The molecule has 0 saturated carbocycles. The summed E-state index contributed by atoms with van der Waals surface area (Å²) in [5.74, 6) is 0.686. The number of fused-ring (bicyclic) bond motifs is 1. The first-order valence-electron chi connectivity index (χ1n) is 5.52. The second-order valence-corrected chi connectivity index (χ2v) is 3.81. The van der Waals surface area contributed by atoms with E-state index in [1.807, 2.05) is 31.2 Å². The quantitative estimate of drug-likeness (QED) is 0.608. The van der Waals surface area contributed by atoms with Crippen LogP contribution in [-0.4, -0.2) is 20.9 Å². The molecule has 4 nitrogen and oxygen atoms in total. The molecule has 2 rings (SSSR count). The number of carbonyl (C=O) groups excluding carboxylic acids is 1. The van der Waals surface area contributed by atoms with Crippen molar-refractivity contribution < 1.29 is 4.79 Å². The van der Waals surface area contributed by atoms with E-state index in [1.165, 1.54) is 0 Å². The van der Waals surface area contributed by atoms with Crippen molar-refractivity contribution in [3.63, 3.8) is 0 Å². The molecule has 0 spiro atoms. The Bertz CT molecular complexity index is 650. The Morgan fingerprint density at radius 1 is 1.28 bits per heavy atom. The Labute approximate surface area is 105 Å². The molecule has 0 unspecified atom stereocenters. The van der Waals surface area contributed by atoms with Gasteiger partial charge in [-0.15, -0.1) is 10.2 Å². The summed E-state index contributed by atoms with van der Waals surface area (Å²) in [6, 6.07) is 1.79. The molecule has 0 N–H and O–H groups in total. The Morgan fingerprint density at radius 2 is 2.11 bits per heavy atom. The van der Waals surface area contributed by atoms with Crippen molar-refractivity contribution in [3.8, 4) is 0 Å². The molecule has 0 atom stereocenters. The van der Waals surface area contributed by atoms with Crippen LogP contribution in [0.3, 0.4) is 0 Å². The topological polar surface area (TPSA) is 47.3 Å². The first-order chi connectivity index (χ1) is 8.76. The molecule has 0 saturated heterocycles. The van der Waals surface area contributed by atoms with Crippen LogP contribution in [0.4, 0.5) is 0 Å². The number of aldehydes is 1. The maximum atomic E-state index is 10.8. The van der Waals surface area contributed by atoms with Gasteiger partial charge in [-0.25, -0.2) is 0 Å². The minimum atomic E-state index is 0.607. The lowest BCUT2D eigenvalue weighted by Crippen LogP contribution is -1.94. The van der Waals surface area contributed by atoms with E-state index in [9.17, 15) is 4.79 Å². The molecule has 0 bridgehead atoms. The lowest BCUT2D eigenvalue weighted by molar-refractivity contribution is 0.112. The smallest absolute Gasteiger partial charge is 0.164 e. The predicted octanol–water partition coefficient (Wildman–Crippen LogP) is 2.61. The molecule has 0 aliphatic heterocycles. The van der Waals surface area contributed by atoms with E-state index in [4.69, 9.17) is 0 Å². The van der Waals surface area contributed by atoms with Gasteiger partial charge in [0.1, 0.15) is 0 Å². The standard InChI is InChI=1S/C14H13N3O/c1-3-4-5-6-7-13-15-16-14-11(2)8-12(10-18)9-17(13)14/h3-10H,1H2,2H3/b5-4-,7-6+. The second kappa shape index (κ2) is 5.23. The van der Waals surface area contributed by atoms with E-state index in [2.05, 4.69) is 16.8 Å². The zero-order valence-electron chi connectivity index (χ0n) is 10.1. The highest BCUT2D eigenvalue weighted by molar-refractivity contribution is 5.76. The normalized spacial score (nSPS) is 11.6. The number of aromatic nitrogens is 3. The predicted molar refractivity (Wildman–Crippen MR) is 71.5 cm³/mol. The van der Waals surface area contributed by atoms with Gasteiger partial charge >= 0.3 is 0 Å². The largest absolute Gasteiger partial charge is 0.298 e. The average Bonchev–Trinajstić information content (AvgIpc) is 2.78. The van der Waals surface area contributed by atoms with Crippen molar-refractivity contribution in [1.29, 1.82) is 0 Å². The van der Waals surface area contributed by atoms with Crippen LogP contribution >= 0.6 is 0 Å². The number of allylic oxidation sites excluding steroid dienone is 4. The molecule has 0 aliphatic carbocycles. The first kappa shape index (κ1) is 12.0. The lowest BCUT2D eigenvalue weighted by Gasteiger charge is -1.99. The molecule has 0 amide bonds. The van der Waals surface area contributed by atoms with Crippen LogP contribution in [0.5, 0.6) is 0 Å². The maximum Gasteiger partial charge on any atom is 0.164 e. The zero-order chi connectivity index (χ0) is 13.0. The number of rotatable bonds is 4. The number of pyridine rings is 1. The summed E-state index contributed by atoms with van der Waals surface area (Å²) in [7, 11) is 0. The van der Waals surface area contributed by atoms with Crippen molar-refractivity contribution in [2.45, 2.75) is 6.92 Å². The molecule has 0 aromatic carbocycles. The second-order valence-electron chi connectivity index (χ2n) is 3.81. The third kappa shape index (κ3) is 2.27. The number of hydrogen-bond acceptors (Lipinski definition) is 3. The third-order valence-electron chi connectivity index (χ3n) is 2.48. The van der Waals surface area contributed by atoms with Gasteiger partial charge < -0.3 is 0 Å². The van der Waals surface area contributed by atoms with E-state index in [-0.39, 0.29) is 0 Å². The molecular formula is C14H13N3O. The summed E-state index contributed by atoms with van der Waals surface area (Å²) in [6.45, 7) is 5.49. The third-order valence-corrected chi connectivity index (χ3v) is 2.48. The van der Waals surface area contributed by atoms with Crippen LogP contribution in [-0.2, 0) is 0 Å². The van der Waals surface area contributed by atoms with Crippen molar-refractivity contribution >= 4 is 18.0 Å². The van der Waals surface area contributed by atoms with Crippen molar-refractivity contribution in [1.82, 2.24) is 14.6 Å². The van der Waals surface area contributed by atoms with Crippen molar-refractivity contribution in [2.24, 2.45) is 0 Å². The Kier molecular flexibility index (Phi) is 3.48. The molecular weight excluding hydrogens is 226 g/mol. The first-order valence-corrected chi connectivity index (χ1v) is 5.52. The van der Waals surface area contributed by atoms with E-state index >= 15 is 0 Å².